The molecule has 1 aromatic heterocycles. The van der Waals surface area contributed by atoms with E-state index < -0.39 is 67.7 Å². The molecule has 0 radical (unpaired) electrons. The Morgan fingerprint density at radius 2 is 2.05 bits per heavy atom. The van der Waals surface area contributed by atoms with Gasteiger partial charge in [-0.1, -0.05) is 24.3 Å². The van der Waals surface area contributed by atoms with E-state index in [0.29, 0.717) is 0 Å². The second kappa shape index (κ2) is 10.2. The Labute approximate surface area is 218 Å². The van der Waals surface area contributed by atoms with Crippen molar-refractivity contribution in [1.82, 2.24) is 14.6 Å². The number of nitrogen functional groups attached to an aromatic ring is 1. The molecule has 2 heterocycles. The lowest BCUT2D eigenvalue weighted by Gasteiger charge is -2.34. The van der Waals surface area contributed by atoms with Crippen LogP contribution in [0.3, 0.4) is 0 Å². The van der Waals surface area contributed by atoms with Gasteiger partial charge in [0.05, 0.1) is 12.7 Å². The van der Waals surface area contributed by atoms with Crippen LogP contribution in [-0.2, 0) is 23.4 Å². The molecule has 206 valence electrons. The maximum absolute atomic E-state index is 15.9. The first-order chi connectivity index (χ1) is 17.8. The van der Waals surface area contributed by atoms with Crippen LogP contribution in [0.15, 0.2) is 60.0 Å². The molecule has 3 unspecified atom stereocenters. The van der Waals surface area contributed by atoms with Crippen molar-refractivity contribution in [1.29, 1.82) is 0 Å². The third-order valence-electron chi connectivity index (χ3n) is 6.28. The van der Waals surface area contributed by atoms with E-state index in [9.17, 15) is 19.3 Å². The largest absolute Gasteiger partial charge is 0.462 e. The number of rotatable bonds is 11. The molecule has 0 bridgehead atoms. The number of benzene rings is 1. The number of hydrogen-bond donors (Lipinski definition) is 3. The van der Waals surface area contributed by atoms with Gasteiger partial charge in [0, 0.05) is 6.20 Å². The number of halogens is 1. The van der Waals surface area contributed by atoms with Crippen molar-refractivity contribution in [2.45, 2.75) is 62.4 Å². The van der Waals surface area contributed by atoms with Gasteiger partial charge in [0.25, 0.3) is 0 Å². The fourth-order valence-electron chi connectivity index (χ4n) is 4.32. The number of aliphatic hydroxyl groups excluding tert-OH is 1. The number of alkyl halides is 1. The molecule has 1 aromatic carbocycles. The van der Waals surface area contributed by atoms with E-state index in [1.165, 1.54) is 31.3 Å². The minimum atomic E-state index is -4.33. The smallest absolute Gasteiger partial charge is 0.459 e. The molecule has 2 fully saturated rings. The van der Waals surface area contributed by atoms with Crippen LogP contribution in [-0.4, -0.2) is 62.9 Å². The molecule has 2 aliphatic rings. The van der Waals surface area contributed by atoms with Crippen molar-refractivity contribution in [2.75, 3.05) is 12.3 Å². The van der Waals surface area contributed by atoms with Gasteiger partial charge in [0.2, 0.25) is 0 Å². The highest BCUT2D eigenvalue weighted by Gasteiger charge is 2.82. The third-order valence-corrected chi connectivity index (χ3v) is 7.90. The van der Waals surface area contributed by atoms with Crippen LogP contribution in [0.25, 0.3) is 0 Å². The molecule has 1 aliphatic carbocycles. The van der Waals surface area contributed by atoms with E-state index in [2.05, 4.69) is 16.7 Å². The highest BCUT2D eigenvalue weighted by atomic mass is 31.2. The third kappa shape index (κ3) is 5.12. The van der Waals surface area contributed by atoms with E-state index >= 15 is 4.39 Å². The number of ether oxygens (including phenoxy) is 2. The Balaban J connectivity index is 1.54. The van der Waals surface area contributed by atoms with E-state index in [-0.39, 0.29) is 11.6 Å². The summed E-state index contributed by atoms with van der Waals surface area (Å²) in [7, 11) is -4.33. The quantitative estimate of drug-likeness (QED) is 0.212. The lowest BCUT2D eigenvalue weighted by Crippen LogP contribution is -2.50. The number of carbonyl (C=O) groups is 1. The van der Waals surface area contributed by atoms with Gasteiger partial charge in [0.15, 0.2) is 5.67 Å². The lowest BCUT2D eigenvalue weighted by atomic mass is 9.94. The maximum atomic E-state index is 15.9. The summed E-state index contributed by atoms with van der Waals surface area (Å²) in [5.41, 5.74) is 0.467. The molecule has 0 spiro atoms. The summed E-state index contributed by atoms with van der Waals surface area (Å²) < 4.78 is 52.8. The van der Waals surface area contributed by atoms with Gasteiger partial charge in [-0.2, -0.15) is 10.1 Å². The minimum absolute atomic E-state index is 0.0338. The predicted octanol–water partition coefficient (Wildman–Crippen LogP) is 1.91. The number of nitrogens with zero attached hydrogens (tertiary/aromatic N) is 2. The number of nitrogens with one attached hydrogen (secondary N) is 1. The normalized spacial score (nSPS) is 30.2. The van der Waals surface area contributed by atoms with Crippen molar-refractivity contribution in [3.63, 3.8) is 0 Å². The summed E-state index contributed by atoms with van der Waals surface area (Å²) in [5, 5.41) is 13.5. The van der Waals surface area contributed by atoms with Crippen molar-refractivity contribution in [3.8, 4) is 5.75 Å². The summed E-state index contributed by atoms with van der Waals surface area (Å²) in [5.74, 6) is -0.577. The van der Waals surface area contributed by atoms with Gasteiger partial charge in [-0.15, -0.1) is 6.58 Å². The summed E-state index contributed by atoms with van der Waals surface area (Å²) in [6.45, 7) is 7.70. The van der Waals surface area contributed by atoms with Gasteiger partial charge in [-0.05, 0) is 39.0 Å². The van der Waals surface area contributed by atoms with Gasteiger partial charge < -0.3 is 24.8 Å². The highest BCUT2D eigenvalue weighted by Crippen LogP contribution is 2.64. The molecule has 4 rings (SSSR count). The maximum Gasteiger partial charge on any atom is 0.459 e. The van der Waals surface area contributed by atoms with Crippen molar-refractivity contribution in [3.05, 3.63) is 65.7 Å². The molecule has 7 atom stereocenters. The molecule has 0 amide bonds. The number of nitrogens with two attached hydrogens (primary N) is 1. The van der Waals surface area contributed by atoms with Crippen LogP contribution in [0.1, 0.15) is 26.8 Å². The molecule has 4 N–H and O–H groups in total. The molecular weight excluding hydrogens is 522 g/mol. The molecule has 38 heavy (non-hydrogen) atoms. The Bertz CT molecular complexity index is 1310. The van der Waals surface area contributed by atoms with Gasteiger partial charge >= 0.3 is 19.4 Å². The molecular formula is C24H30FN4O8P. The van der Waals surface area contributed by atoms with E-state index in [1.807, 2.05) is 0 Å². The van der Waals surface area contributed by atoms with E-state index in [4.69, 9.17) is 24.3 Å². The molecule has 14 heteroatoms. The average Bonchev–Trinajstić information content (AvgIpc) is 3.36. The van der Waals surface area contributed by atoms with Crippen LogP contribution in [0.5, 0.6) is 5.75 Å². The number of anilines is 1. The first-order valence-electron chi connectivity index (χ1n) is 11.9. The zero-order chi connectivity index (χ0) is 27.9. The topological polar surface area (TPSA) is 164 Å². The monoisotopic (exact) mass is 552 g/mol. The minimum Gasteiger partial charge on any atom is -0.462 e. The predicted molar refractivity (Wildman–Crippen MR) is 134 cm³/mol. The Kier molecular flexibility index (Phi) is 7.52. The van der Waals surface area contributed by atoms with Gasteiger partial charge in [-0.3, -0.25) is 13.9 Å². The standard InChI is InChI=1S/C24H30FN4O8P/c1-5-23(21(31)24(25)18(19(24)36-23)29-12-11-17(26)27-22(29)32)13-34-38(33,37-16-9-7-6-8-10-16)28-15(4)20(30)35-14(2)3/h5-12,14-15,18-19,21,31H,1,13H2,2-4H3,(H,28,33)(H2,26,27,32)/t15?,18?,19-,21+,23+,24+,38?/m0/s1. The van der Waals surface area contributed by atoms with Crippen LogP contribution >= 0.6 is 7.75 Å². The summed E-state index contributed by atoms with van der Waals surface area (Å²) in [4.78, 5) is 28.1. The molecule has 1 saturated carbocycles. The molecule has 1 saturated heterocycles. The fraction of sp³-hybridized carbons (Fsp3) is 0.458. The molecule has 1 aliphatic heterocycles. The zero-order valence-corrected chi connectivity index (χ0v) is 21.9. The SMILES string of the molecule is C=C[C@]1(COP(=O)(NC(C)C(=O)OC(C)C)Oc2ccccc2)O[C@H]2C(n3ccc(N)nc3=O)[C@]2(F)[C@@H]1O. The zero-order valence-electron chi connectivity index (χ0n) is 21.0. The second-order valence-electron chi connectivity index (χ2n) is 9.43. The fourth-order valence-corrected chi connectivity index (χ4v) is 5.86. The highest BCUT2D eigenvalue weighted by molar-refractivity contribution is 7.52. The van der Waals surface area contributed by atoms with Crippen molar-refractivity contribution in [2.24, 2.45) is 0 Å². The van der Waals surface area contributed by atoms with Gasteiger partial charge in [-0.25, -0.2) is 13.8 Å². The summed E-state index contributed by atoms with van der Waals surface area (Å²) >= 11 is 0. The Morgan fingerprint density at radius 3 is 2.61 bits per heavy atom. The number of para-hydroxylation sites is 1. The van der Waals surface area contributed by atoms with Crippen LogP contribution in [0, 0.1) is 0 Å². The van der Waals surface area contributed by atoms with Crippen LogP contribution < -0.4 is 21.0 Å². The number of carbonyl (C=O) groups excluding carboxylic acids is 1. The first-order valence-corrected chi connectivity index (χ1v) is 13.4. The van der Waals surface area contributed by atoms with Crippen molar-refractivity contribution < 1.29 is 37.4 Å². The van der Waals surface area contributed by atoms with E-state index in [1.54, 1.807) is 32.0 Å². The number of esters is 1. The second-order valence-corrected chi connectivity index (χ2v) is 11.1. The summed E-state index contributed by atoms with van der Waals surface area (Å²) in [6, 6.07) is 7.08. The van der Waals surface area contributed by atoms with E-state index in [0.717, 1.165) is 10.6 Å². The van der Waals surface area contributed by atoms with Gasteiger partial charge in [0.1, 0.15) is 41.5 Å². The van der Waals surface area contributed by atoms with Crippen LogP contribution in [0.4, 0.5) is 10.2 Å². The molecule has 2 aromatic rings. The number of hydrogen-bond acceptors (Lipinski definition) is 10. The molecule has 12 nitrogen and oxygen atoms in total. The number of aliphatic hydroxyl groups is 1. The number of aromatic nitrogens is 2. The summed E-state index contributed by atoms with van der Waals surface area (Å²) in [6.07, 6.45) is -1.13. The lowest BCUT2D eigenvalue weighted by molar-refractivity contribution is -0.149. The number of fused-ring (bicyclic) bond motifs is 1. The van der Waals surface area contributed by atoms with Crippen molar-refractivity contribution >= 4 is 19.5 Å². The Hall–Kier alpha value is -3.09. The average molecular weight is 552 g/mol. The Morgan fingerprint density at radius 1 is 1.37 bits per heavy atom. The van der Waals surface area contributed by atoms with Crippen LogP contribution in [0.2, 0.25) is 0 Å². The first kappa shape index (κ1) is 27.9.